The van der Waals surface area contributed by atoms with Gasteiger partial charge in [-0.2, -0.15) is 0 Å². The summed E-state index contributed by atoms with van der Waals surface area (Å²) in [4.78, 5) is 11.7. The number of nitrogens with one attached hydrogen (secondary N) is 1. The first-order chi connectivity index (χ1) is 8.06. The lowest BCUT2D eigenvalue weighted by Gasteiger charge is -2.05. The average Bonchev–Trinajstić information content (AvgIpc) is 2.69. The Kier molecular flexibility index (Phi) is 3.01. The van der Waals surface area contributed by atoms with E-state index in [0.717, 1.165) is 0 Å². The molecule has 2 rings (SSSR count). The van der Waals surface area contributed by atoms with Gasteiger partial charge in [0.2, 0.25) is 5.76 Å². The van der Waals surface area contributed by atoms with Gasteiger partial charge in [-0.15, -0.1) is 0 Å². The number of aryl methyl sites for hydroxylation is 1. The fourth-order valence-electron chi connectivity index (χ4n) is 1.26. The molecule has 2 aromatic rings. The Morgan fingerprint density at radius 1 is 1.47 bits per heavy atom. The largest absolute Gasteiger partial charge is 0.508 e. The van der Waals surface area contributed by atoms with Gasteiger partial charge < -0.3 is 14.9 Å². The van der Waals surface area contributed by atoms with Gasteiger partial charge in [0, 0.05) is 12.1 Å². The second kappa shape index (κ2) is 4.47. The molecule has 2 N–H and O–H groups in total. The summed E-state index contributed by atoms with van der Waals surface area (Å²) in [5.41, 5.74) is 1.01. The number of hydrogen-bond acceptors (Lipinski definition) is 4. The first-order valence-corrected chi connectivity index (χ1v) is 5.17. The molecule has 5 nitrogen and oxygen atoms in total. The van der Waals surface area contributed by atoms with Crippen LogP contribution in [0, 0.1) is 6.92 Å². The summed E-state index contributed by atoms with van der Waals surface area (Å²) in [6, 6.07) is 5.78. The van der Waals surface area contributed by atoms with Crippen LogP contribution >= 0.6 is 11.6 Å². The smallest absolute Gasteiger partial charge is 0.294 e. The summed E-state index contributed by atoms with van der Waals surface area (Å²) in [6.07, 6.45) is 0. The molecule has 0 spiro atoms. The number of anilines is 1. The van der Waals surface area contributed by atoms with E-state index in [9.17, 15) is 4.79 Å². The highest BCUT2D eigenvalue weighted by molar-refractivity contribution is 6.34. The van der Waals surface area contributed by atoms with Crippen LogP contribution in [-0.2, 0) is 0 Å². The third-order valence-corrected chi connectivity index (χ3v) is 2.37. The molecule has 0 fully saturated rings. The van der Waals surface area contributed by atoms with E-state index in [1.807, 2.05) is 0 Å². The highest BCUT2D eigenvalue weighted by Crippen LogP contribution is 2.26. The van der Waals surface area contributed by atoms with Gasteiger partial charge in [-0.05, 0) is 19.1 Å². The second-order valence-electron chi connectivity index (χ2n) is 3.45. The molecular weight excluding hydrogens is 244 g/mol. The lowest BCUT2D eigenvalue weighted by atomic mass is 10.3. The van der Waals surface area contributed by atoms with Crippen molar-refractivity contribution in [1.29, 1.82) is 0 Å². The SMILES string of the molecule is Cc1cc(C(=O)Nc2ccc(O)cc2Cl)on1. The zero-order valence-corrected chi connectivity index (χ0v) is 9.65. The standard InChI is InChI=1S/C11H9ClN2O3/c1-6-4-10(17-14-6)11(16)13-9-3-2-7(15)5-8(9)12/h2-5,15H,1H3,(H,13,16). The molecule has 0 aliphatic carbocycles. The van der Waals surface area contributed by atoms with Gasteiger partial charge in [0.25, 0.3) is 5.91 Å². The topological polar surface area (TPSA) is 75.4 Å². The van der Waals surface area contributed by atoms with Crippen molar-refractivity contribution in [2.45, 2.75) is 6.92 Å². The van der Waals surface area contributed by atoms with Crippen LogP contribution in [0.2, 0.25) is 5.02 Å². The normalized spacial score (nSPS) is 10.2. The third-order valence-electron chi connectivity index (χ3n) is 2.05. The van der Waals surface area contributed by atoms with Gasteiger partial charge in [0.1, 0.15) is 5.75 Å². The third kappa shape index (κ3) is 2.57. The summed E-state index contributed by atoms with van der Waals surface area (Å²) < 4.78 is 4.81. The summed E-state index contributed by atoms with van der Waals surface area (Å²) in [6.45, 7) is 1.72. The zero-order valence-electron chi connectivity index (χ0n) is 8.90. The maximum Gasteiger partial charge on any atom is 0.294 e. The summed E-state index contributed by atoms with van der Waals surface area (Å²) in [5, 5.41) is 15.6. The molecule has 88 valence electrons. The molecule has 0 unspecified atom stereocenters. The lowest BCUT2D eigenvalue weighted by molar-refractivity contribution is 0.0988. The number of amides is 1. The Morgan fingerprint density at radius 3 is 2.82 bits per heavy atom. The predicted octanol–water partition coefficient (Wildman–Crippen LogP) is 2.59. The highest BCUT2D eigenvalue weighted by Gasteiger charge is 2.13. The van der Waals surface area contributed by atoms with Gasteiger partial charge in [0.15, 0.2) is 0 Å². The number of hydrogen-bond donors (Lipinski definition) is 2. The molecule has 0 bridgehead atoms. The number of carbonyl (C=O) groups excluding carboxylic acids is 1. The van der Waals surface area contributed by atoms with Crippen LogP contribution < -0.4 is 5.32 Å². The molecule has 1 aromatic heterocycles. The summed E-state index contributed by atoms with van der Waals surface area (Å²) in [7, 11) is 0. The predicted molar refractivity (Wildman–Crippen MR) is 62.3 cm³/mol. The molecular formula is C11H9ClN2O3. The molecule has 1 amide bonds. The number of halogens is 1. The van der Waals surface area contributed by atoms with Crippen LogP contribution in [0.1, 0.15) is 16.2 Å². The fraction of sp³-hybridized carbons (Fsp3) is 0.0909. The van der Waals surface area contributed by atoms with Crippen molar-refractivity contribution >= 4 is 23.2 Å². The molecule has 0 atom stereocenters. The maximum atomic E-state index is 11.7. The zero-order chi connectivity index (χ0) is 12.4. The van der Waals surface area contributed by atoms with Gasteiger partial charge in [-0.1, -0.05) is 16.8 Å². The van der Waals surface area contributed by atoms with E-state index in [0.29, 0.717) is 11.4 Å². The van der Waals surface area contributed by atoms with E-state index in [1.54, 1.807) is 6.92 Å². The first kappa shape index (κ1) is 11.5. The van der Waals surface area contributed by atoms with E-state index < -0.39 is 5.91 Å². The monoisotopic (exact) mass is 252 g/mol. The Hall–Kier alpha value is -2.01. The van der Waals surface area contributed by atoms with Crippen LogP contribution in [0.4, 0.5) is 5.69 Å². The molecule has 1 heterocycles. The molecule has 17 heavy (non-hydrogen) atoms. The minimum atomic E-state index is -0.446. The van der Waals surface area contributed by atoms with Crippen LogP contribution in [0.5, 0.6) is 5.75 Å². The van der Waals surface area contributed by atoms with E-state index in [-0.39, 0.29) is 16.5 Å². The quantitative estimate of drug-likeness (QED) is 0.806. The van der Waals surface area contributed by atoms with E-state index in [1.165, 1.54) is 24.3 Å². The Balaban J connectivity index is 2.18. The molecule has 0 aliphatic rings. The van der Waals surface area contributed by atoms with E-state index in [4.69, 9.17) is 21.2 Å². The lowest BCUT2D eigenvalue weighted by Crippen LogP contribution is -2.11. The number of aromatic nitrogens is 1. The van der Waals surface area contributed by atoms with Crippen LogP contribution in [-0.4, -0.2) is 16.2 Å². The molecule has 0 saturated heterocycles. The van der Waals surface area contributed by atoms with Gasteiger partial charge in [0.05, 0.1) is 16.4 Å². The minimum Gasteiger partial charge on any atom is -0.508 e. The van der Waals surface area contributed by atoms with E-state index in [2.05, 4.69) is 10.5 Å². The Bertz CT molecular complexity index is 566. The van der Waals surface area contributed by atoms with Crippen molar-refractivity contribution in [3.63, 3.8) is 0 Å². The highest BCUT2D eigenvalue weighted by atomic mass is 35.5. The first-order valence-electron chi connectivity index (χ1n) is 4.79. The molecule has 0 aliphatic heterocycles. The summed E-state index contributed by atoms with van der Waals surface area (Å²) in [5.74, 6) is -0.312. The van der Waals surface area contributed by atoms with Gasteiger partial charge in [-0.3, -0.25) is 4.79 Å². The number of rotatable bonds is 2. The van der Waals surface area contributed by atoms with E-state index >= 15 is 0 Å². The van der Waals surface area contributed by atoms with Crippen molar-refractivity contribution in [1.82, 2.24) is 5.16 Å². The molecule has 0 radical (unpaired) electrons. The maximum absolute atomic E-state index is 11.7. The fourth-order valence-corrected chi connectivity index (χ4v) is 1.48. The van der Waals surface area contributed by atoms with Crippen LogP contribution in [0.3, 0.4) is 0 Å². The number of phenolic OH excluding ortho intramolecular Hbond substituents is 1. The Labute approximate surface area is 102 Å². The van der Waals surface area contributed by atoms with Crippen molar-refractivity contribution in [3.8, 4) is 5.75 Å². The molecule has 6 heteroatoms. The van der Waals surface area contributed by atoms with Crippen molar-refractivity contribution < 1.29 is 14.4 Å². The number of nitrogens with zero attached hydrogens (tertiary/aromatic N) is 1. The number of carbonyl (C=O) groups is 1. The van der Waals surface area contributed by atoms with Crippen molar-refractivity contribution in [2.75, 3.05) is 5.32 Å². The minimum absolute atomic E-state index is 0.0310. The van der Waals surface area contributed by atoms with Crippen LogP contribution in [0.25, 0.3) is 0 Å². The van der Waals surface area contributed by atoms with Gasteiger partial charge >= 0.3 is 0 Å². The summed E-state index contributed by atoms with van der Waals surface area (Å²) >= 11 is 5.85. The van der Waals surface area contributed by atoms with Crippen molar-refractivity contribution in [2.24, 2.45) is 0 Å². The van der Waals surface area contributed by atoms with Crippen molar-refractivity contribution in [3.05, 3.63) is 40.7 Å². The van der Waals surface area contributed by atoms with Crippen LogP contribution in [0.15, 0.2) is 28.8 Å². The second-order valence-corrected chi connectivity index (χ2v) is 3.86. The number of benzene rings is 1. The Morgan fingerprint density at radius 2 is 2.24 bits per heavy atom. The van der Waals surface area contributed by atoms with Gasteiger partial charge in [-0.25, -0.2) is 0 Å². The molecule has 1 aromatic carbocycles. The average molecular weight is 253 g/mol. The molecule has 0 saturated carbocycles. The number of aromatic hydroxyl groups is 1. The number of phenols is 1.